The number of nitrogens with one attached hydrogen (secondary N) is 2. The molecule has 0 saturated carbocycles. The van der Waals surface area contributed by atoms with E-state index < -0.39 is 0 Å². The van der Waals surface area contributed by atoms with Gasteiger partial charge in [-0.3, -0.25) is 0 Å². The van der Waals surface area contributed by atoms with Crippen molar-refractivity contribution >= 4 is 175 Å². The number of aromatic amines is 2. The predicted molar refractivity (Wildman–Crippen MR) is 411 cm³/mol. The van der Waals surface area contributed by atoms with Gasteiger partial charge in [-0.05, 0) is 177 Å². The number of aliphatic hydroxyl groups excluding tert-OH is 1. The van der Waals surface area contributed by atoms with Crippen molar-refractivity contribution < 1.29 is 43.4 Å². The number of pyridine rings is 5. The lowest BCUT2D eigenvalue weighted by Gasteiger charge is -2.15. The van der Waals surface area contributed by atoms with Crippen LogP contribution < -0.4 is 30.3 Å². The summed E-state index contributed by atoms with van der Waals surface area (Å²) in [5.74, 6) is 3.38. The summed E-state index contributed by atoms with van der Waals surface area (Å²) in [7, 11) is 6.45. The Kier molecular flexibility index (Phi) is 29.5. The van der Waals surface area contributed by atoms with Crippen LogP contribution in [-0.2, 0) is 20.8 Å². The number of phenols is 1. The first kappa shape index (κ1) is 79.3. The lowest BCUT2D eigenvalue weighted by molar-refractivity contribution is 0.146. The Hall–Kier alpha value is -7.45. The van der Waals surface area contributed by atoms with Crippen LogP contribution in [-0.4, -0.2) is 134 Å². The molecule has 7 heterocycles. The first-order chi connectivity index (χ1) is 48.4. The molecule has 532 valence electrons. The van der Waals surface area contributed by atoms with Crippen molar-refractivity contribution in [2.75, 3.05) is 79.3 Å². The highest BCUT2D eigenvalue weighted by Gasteiger charge is 2.18. The van der Waals surface area contributed by atoms with Gasteiger partial charge >= 0.3 is 11.4 Å². The fourth-order valence-corrected chi connectivity index (χ4v) is 12.6. The number of aromatic nitrogens is 9. The number of methoxy groups -OCH3 is 4. The van der Waals surface area contributed by atoms with Crippen molar-refractivity contribution in [3.05, 3.63) is 205 Å². The summed E-state index contributed by atoms with van der Waals surface area (Å²) in [6, 6.07) is 34.6. The van der Waals surface area contributed by atoms with Crippen LogP contribution in [0.1, 0.15) is 39.8 Å². The minimum Gasteiger partial charge on any atom is -0.506 e. The minimum atomic E-state index is -0.292. The SMILES string of the molecule is COCCOc1cc2c(C)cc(Cl)nc2cc1Cl.COCCOc1cc2c(C)cc3n[nH]c(=O)n3c2cc1-c1cccc(CO)c1.COCCOc1cc2c(C)cc3n[nH]c(=O)n3c2cc1Cl.COc1cc2c(C)cc(Cl)nc2cc1Cl.Cc1cc(Cl)nc2cc(Cl)c(O)cc12.ClCCCBr. The molecule has 0 amide bonds. The first-order valence-electron chi connectivity index (χ1n) is 30.9. The van der Waals surface area contributed by atoms with Gasteiger partial charge in [-0.25, -0.2) is 43.5 Å². The summed E-state index contributed by atoms with van der Waals surface area (Å²) in [6.07, 6.45) is 1.07. The lowest BCUT2D eigenvalue weighted by Crippen LogP contribution is -2.11. The summed E-state index contributed by atoms with van der Waals surface area (Å²) in [5.41, 5.74) is 11.8. The highest BCUT2D eigenvalue weighted by molar-refractivity contribution is 9.09. The number of fused-ring (bicyclic) bond motifs is 9. The van der Waals surface area contributed by atoms with E-state index in [1.165, 1.54) is 4.40 Å². The minimum absolute atomic E-state index is 0.0498. The highest BCUT2D eigenvalue weighted by atomic mass is 79.9. The van der Waals surface area contributed by atoms with Crippen LogP contribution in [0.2, 0.25) is 35.5 Å². The third-order valence-corrected chi connectivity index (χ3v) is 17.8. The molecule has 0 saturated heterocycles. The molecule has 0 unspecified atom stereocenters. The Morgan fingerprint density at radius 2 is 0.881 bits per heavy atom. The molecule has 0 aliphatic rings. The van der Waals surface area contributed by atoms with E-state index in [0.717, 1.165) is 106 Å². The number of alkyl halides is 2. The van der Waals surface area contributed by atoms with E-state index >= 15 is 0 Å². The number of hydrogen-bond donors (Lipinski definition) is 4. The largest absolute Gasteiger partial charge is 0.506 e. The van der Waals surface area contributed by atoms with Gasteiger partial charge in [0.05, 0.1) is 81.2 Å². The van der Waals surface area contributed by atoms with Gasteiger partial charge in [0.25, 0.3) is 0 Å². The third-order valence-electron chi connectivity index (χ3n) is 15.2. The van der Waals surface area contributed by atoms with E-state index in [2.05, 4.69) is 51.3 Å². The molecule has 29 heteroatoms. The van der Waals surface area contributed by atoms with E-state index in [0.29, 0.717) is 115 Å². The van der Waals surface area contributed by atoms with E-state index in [1.54, 1.807) is 69.2 Å². The molecule has 4 N–H and O–H groups in total. The topological polar surface area (TPSA) is 244 Å². The van der Waals surface area contributed by atoms with Gasteiger partial charge in [0.15, 0.2) is 11.3 Å². The van der Waals surface area contributed by atoms with Crippen molar-refractivity contribution in [1.29, 1.82) is 0 Å². The van der Waals surface area contributed by atoms with Gasteiger partial charge in [0.2, 0.25) is 0 Å². The molecule has 0 aliphatic heterocycles. The number of benzene rings is 6. The lowest BCUT2D eigenvalue weighted by atomic mass is 9.99. The van der Waals surface area contributed by atoms with Crippen molar-refractivity contribution in [2.24, 2.45) is 0 Å². The van der Waals surface area contributed by atoms with E-state index in [4.69, 9.17) is 126 Å². The molecule has 101 heavy (non-hydrogen) atoms. The number of halogens is 9. The normalized spacial score (nSPS) is 11.0. The Bertz CT molecular complexity index is 5200. The van der Waals surface area contributed by atoms with Crippen LogP contribution in [0.3, 0.4) is 0 Å². The fourth-order valence-electron chi connectivity index (χ4n) is 10.3. The second-order valence-electron chi connectivity index (χ2n) is 22.3. The van der Waals surface area contributed by atoms with Gasteiger partial charge in [-0.1, -0.05) is 115 Å². The van der Waals surface area contributed by atoms with Crippen LogP contribution in [0.5, 0.6) is 28.7 Å². The average molecular weight is 1600 g/mol. The van der Waals surface area contributed by atoms with Crippen molar-refractivity contribution in [3.8, 4) is 39.9 Å². The fraction of sp³-hybridized carbons (Fsp3) is 0.264. The summed E-state index contributed by atoms with van der Waals surface area (Å²) in [5, 5.41) is 40.7. The standard InChI is InChI=1S/C21H21N3O4.C14H14ClN3O3.C13H13Cl2NO2.C11H9Cl2NO.C10H7Cl2NO.C3H6BrCl/c1-13-8-20-22-23-21(26)24(20)18-10-17(15-5-3-4-14(9-15)12-25)19(11-16(13)18)28-7-6-27-2;1-8-5-13-16-17-14(19)18(13)11-7-10(15)12(6-9(8)11)21-4-3-20-2;1-8-5-13(15)16-11-7-10(14)12(6-9(8)11)18-4-3-17-2;1-6-3-11(13)14-9-5-8(12)10(15-2)4-7(6)9;1-5-2-10(12)13-8-4-7(11)9(14)3-6(5)8;4-2-1-3-5/h3-5,8-11,25H,6-7,12H2,1-2H3,(H,23,26);5-7H,3-4H2,1-2H3,(H,17,19);5-7H,3-4H2,1-2H3;3-5H,1-2H3;2-4,14H,1H3;1-3H2. The van der Waals surface area contributed by atoms with Gasteiger partial charge in [0.1, 0.15) is 64.0 Å². The zero-order chi connectivity index (χ0) is 73.2. The molecule has 0 radical (unpaired) electrons. The van der Waals surface area contributed by atoms with Crippen LogP contribution in [0.15, 0.2) is 125 Å². The molecule has 0 fully saturated rings. The summed E-state index contributed by atoms with van der Waals surface area (Å²) < 4.78 is 40.3. The molecule has 6 aromatic carbocycles. The maximum absolute atomic E-state index is 12.3. The number of aryl methyl sites for hydroxylation is 5. The number of phenolic OH excluding ortho intramolecular Hbond substituents is 1. The summed E-state index contributed by atoms with van der Waals surface area (Å²) in [4.78, 5) is 36.7. The highest BCUT2D eigenvalue weighted by Crippen LogP contribution is 2.38. The van der Waals surface area contributed by atoms with Crippen molar-refractivity contribution in [1.82, 2.24) is 44.1 Å². The quantitative estimate of drug-likeness (QED) is 0.0376. The Morgan fingerprint density at radius 3 is 1.33 bits per heavy atom. The molecular weight excluding hydrogens is 1530 g/mol. The molecule has 0 bridgehead atoms. The first-order valence-corrected chi connectivity index (χ1v) is 35.2. The molecule has 13 rings (SSSR count). The number of aliphatic hydroxyl groups is 1. The molecule has 13 aromatic rings. The van der Waals surface area contributed by atoms with Crippen LogP contribution >= 0.6 is 109 Å². The monoisotopic (exact) mass is 1600 g/mol. The van der Waals surface area contributed by atoms with E-state index in [-0.39, 0.29) is 28.8 Å². The Morgan fingerprint density at radius 1 is 0.475 bits per heavy atom. The predicted octanol–water partition coefficient (Wildman–Crippen LogP) is 18.1. The molecule has 20 nitrogen and oxygen atoms in total. The zero-order valence-corrected chi connectivity index (χ0v) is 63.8. The third kappa shape index (κ3) is 20.3. The van der Waals surface area contributed by atoms with Gasteiger partial charge in [-0.2, -0.15) is 10.2 Å². The summed E-state index contributed by atoms with van der Waals surface area (Å²) in [6.45, 7) is 12.5. The number of aromatic hydroxyl groups is 1. The average Bonchev–Trinajstić information content (AvgIpc) is 1.73. The molecule has 0 aliphatic carbocycles. The number of ether oxygens (including phenoxy) is 7. The maximum Gasteiger partial charge on any atom is 0.348 e. The van der Waals surface area contributed by atoms with Crippen molar-refractivity contribution in [2.45, 2.75) is 47.6 Å². The summed E-state index contributed by atoms with van der Waals surface area (Å²) >= 11 is 50.2. The van der Waals surface area contributed by atoms with Crippen LogP contribution in [0.25, 0.3) is 76.9 Å². The van der Waals surface area contributed by atoms with Gasteiger partial charge < -0.3 is 43.4 Å². The van der Waals surface area contributed by atoms with Gasteiger partial charge in [0, 0.05) is 65.0 Å². The van der Waals surface area contributed by atoms with Crippen LogP contribution in [0, 0.1) is 34.6 Å². The van der Waals surface area contributed by atoms with E-state index in [1.807, 2.05) is 113 Å². The van der Waals surface area contributed by atoms with Crippen LogP contribution in [0.4, 0.5) is 0 Å². The molecule has 7 aromatic heterocycles. The molecule has 0 atom stereocenters. The maximum atomic E-state index is 12.3. The van der Waals surface area contributed by atoms with Crippen molar-refractivity contribution in [3.63, 3.8) is 0 Å². The molecular formula is C72H70BrCl8N9O11. The number of rotatable bonds is 17. The van der Waals surface area contributed by atoms with Gasteiger partial charge in [-0.15, -0.1) is 11.6 Å². The number of nitrogens with zero attached hydrogens (tertiary/aromatic N) is 7. The molecule has 0 spiro atoms. The zero-order valence-electron chi connectivity index (χ0n) is 56.1. The number of H-pyrrole nitrogens is 2. The second kappa shape index (κ2) is 37.6. The smallest absolute Gasteiger partial charge is 0.348 e. The number of hydrogen-bond acceptors (Lipinski definition) is 16. The Balaban J connectivity index is 0.000000161. The Labute approximate surface area is 629 Å². The van der Waals surface area contributed by atoms with E-state index in [9.17, 15) is 19.8 Å². The second-order valence-corrected chi connectivity index (χ2v) is 26.3.